The van der Waals surface area contributed by atoms with Crippen LogP contribution in [0.15, 0.2) is 58.3 Å². The molecule has 0 saturated carbocycles. The highest BCUT2D eigenvalue weighted by atomic mass is 32.2. The second-order valence-corrected chi connectivity index (χ2v) is 9.56. The Morgan fingerprint density at radius 3 is 2.37 bits per heavy atom. The van der Waals surface area contributed by atoms with E-state index in [0.29, 0.717) is 17.8 Å². The summed E-state index contributed by atoms with van der Waals surface area (Å²) in [7, 11) is -2.46. The number of para-hydroxylation sites is 1. The number of hydrogen-bond acceptors (Lipinski definition) is 5. The molecule has 0 aliphatic heterocycles. The summed E-state index contributed by atoms with van der Waals surface area (Å²) in [6.45, 7) is 2.20. The molecule has 0 atom stereocenters. The van der Waals surface area contributed by atoms with Crippen LogP contribution in [0.3, 0.4) is 0 Å². The molecule has 0 spiro atoms. The molecule has 0 heterocycles. The van der Waals surface area contributed by atoms with Crippen LogP contribution in [0.5, 0.6) is 0 Å². The smallest absolute Gasteiger partial charge is 0.253 e. The van der Waals surface area contributed by atoms with Crippen molar-refractivity contribution in [2.45, 2.75) is 29.6 Å². The Bertz CT molecular complexity index is 976. The summed E-state index contributed by atoms with van der Waals surface area (Å²) in [6, 6.07) is 13.1. The Morgan fingerprint density at radius 2 is 1.73 bits per heavy atom. The minimum Gasteiger partial charge on any atom is -0.352 e. The number of unbranched alkanes of at least 4 members (excludes halogenated alkanes) is 1. The predicted molar refractivity (Wildman–Crippen MR) is 120 cm³/mol. The number of benzene rings is 2. The van der Waals surface area contributed by atoms with Crippen LogP contribution in [0.25, 0.3) is 0 Å². The van der Waals surface area contributed by atoms with Crippen molar-refractivity contribution in [1.29, 1.82) is 0 Å². The fourth-order valence-electron chi connectivity index (χ4n) is 2.67. The maximum Gasteiger partial charge on any atom is 0.253 e. The van der Waals surface area contributed by atoms with Crippen LogP contribution in [-0.2, 0) is 14.8 Å². The molecule has 2 N–H and O–H groups in total. The number of anilines is 1. The van der Waals surface area contributed by atoms with E-state index in [1.165, 1.54) is 30.9 Å². The lowest BCUT2D eigenvalue weighted by molar-refractivity contribution is -0.116. The van der Waals surface area contributed by atoms with E-state index in [0.717, 1.165) is 22.0 Å². The van der Waals surface area contributed by atoms with Crippen LogP contribution in [0.2, 0.25) is 0 Å². The number of thioether (sulfide) groups is 1. The van der Waals surface area contributed by atoms with Crippen LogP contribution in [0.1, 0.15) is 30.1 Å². The molecule has 2 amide bonds. The topological polar surface area (TPSA) is 95.6 Å². The molecule has 0 radical (unpaired) electrons. The predicted octanol–water partition coefficient (Wildman–Crippen LogP) is 3.20. The van der Waals surface area contributed by atoms with Crippen LogP contribution in [0.4, 0.5) is 5.69 Å². The summed E-state index contributed by atoms with van der Waals surface area (Å²) in [6.07, 6.45) is 3.72. The zero-order valence-corrected chi connectivity index (χ0v) is 19.0. The van der Waals surface area contributed by atoms with Gasteiger partial charge in [0, 0.05) is 18.5 Å². The third-order valence-corrected chi connectivity index (χ3v) is 6.96. The summed E-state index contributed by atoms with van der Waals surface area (Å²) in [5.74, 6) is -0.815. The van der Waals surface area contributed by atoms with Crippen LogP contribution in [-0.4, -0.2) is 50.9 Å². The van der Waals surface area contributed by atoms with Crippen LogP contribution < -0.4 is 10.6 Å². The first-order chi connectivity index (χ1) is 14.3. The van der Waals surface area contributed by atoms with E-state index in [1.807, 2.05) is 13.2 Å². The Labute approximate surface area is 182 Å². The summed E-state index contributed by atoms with van der Waals surface area (Å²) < 4.78 is 26.4. The van der Waals surface area contributed by atoms with Gasteiger partial charge in [0.2, 0.25) is 15.9 Å². The first-order valence-electron chi connectivity index (χ1n) is 9.57. The molecular weight excluding hydrogens is 422 g/mol. The number of carbonyl (C=O) groups is 2. The Kier molecular flexibility index (Phi) is 8.88. The lowest BCUT2D eigenvalue weighted by atomic mass is 10.1. The lowest BCUT2D eigenvalue weighted by Crippen LogP contribution is -2.35. The first kappa shape index (κ1) is 23.9. The SMILES string of the molecule is CCCCNC(=O)c1ccccc1NC(=O)CN(C)S(=O)(=O)c1ccc(SC)cc1. The zero-order valence-electron chi connectivity index (χ0n) is 17.3. The number of rotatable bonds is 10. The second-order valence-electron chi connectivity index (χ2n) is 6.64. The van der Waals surface area contributed by atoms with Crippen molar-refractivity contribution in [1.82, 2.24) is 9.62 Å². The molecular formula is C21H27N3O4S2. The van der Waals surface area contributed by atoms with Gasteiger partial charge in [-0.1, -0.05) is 25.5 Å². The van der Waals surface area contributed by atoms with Gasteiger partial charge in [-0.25, -0.2) is 8.42 Å². The van der Waals surface area contributed by atoms with Gasteiger partial charge in [-0.2, -0.15) is 4.31 Å². The second kappa shape index (κ2) is 11.1. The minimum atomic E-state index is -3.81. The number of nitrogens with zero attached hydrogens (tertiary/aromatic N) is 1. The molecule has 0 saturated heterocycles. The van der Waals surface area contributed by atoms with E-state index in [9.17, 15) is 18.0 Å². The molecule has 0 aromatic heterocycles. The summed E-state index contributed by atoms with van der Waals surface area (Å²) in [4.78, 5) is 25.9. The van der Waals surface area contributed by atoms with Crippen LogP contribution in [0, 0.1) is 0 Å². The van der Waals surface area contributed by atoms with Crippen molar-refractivity contribution in [3.8, 4) is 0 Å². The summed E-state index contributed by atoms with van der Waals surface area (Å²) in [5.41, 5.74) is 0.673. The van der Waals surface area contributed by atoms with Gasteiger partial charge in [0.1, 0.15) is 0 Å². The summed E-state index contributed by atoms with van der Waals surface area (Å²) >= 11 is 1.51. The van der Waals surface area contributed by atoms with E-state index in [1.54, 1.807) is 36.4 Å². The van der Waals surface area contributed by atoms with Gasteiger partial charge in [-0.15, -0.1) is 11.8 Å². The van der Waals surface area contributed by atoms with Crippen molar-refractivity contribution in [3.05, 3.63) is 54.1 Å². The van der Waals surface area contributed by atoms with Gasteiger partial charge in [0.05, 0.1) is 22.7 Å². The molecule has 2 aromatic rings. The molecule has 0 aliphatic carbocycles. The van der Waals surface area contributed by atoms with Gasteiger partial charge < -0.3 is 10.6 Å². The minimum absolute atomic E-state index is 0.117. The molecule has 0 fully saturated rings. The molecule has 0 unspecified atom stereocenters. The van der Waals surface area contributed by atoms with E-state index < -0.39 is 15.9 Å². The summed E-state index contributed by atoms with van der Waals surface area (Å²) in [5, 5.41) is 5.46. The van der Waals surface area contributed by atoms with E-state index in [-0.39, 0.29) is 17.3 Å². The van der Waals surface area contributed by atoms with Crippen molar-refractivity contribution in [2.24, 2.45) is 0 Å². The quantitative estimate of drug-likeness (QED) is 0.429. The fraction of sp³-hybridized carbons (Fsp3) is 0.333. The lowest BCUT2D eigenvalue weighted by Gasteiger charge is -2.18. The van der Waals surface area contributed by atoms with Crippen molar-refractivity contribution in [2.75, 3.05) is 31.7 Å². The number of carbonyl (C=O) groups excluding carboxylic acids is 2. The Balaban J connectivity index is 2.07. The largest absolute Gasteiger partial charge is 0.352 e. The highest BCUT2D eigenvalue weighted by Gasteiger charge is 2.23. The van der Waals surface area contributed by atoms with Gasteiger partial charge >= 0.3 is 0 Å². The van der Waals surface area contributed by atoms with Crippen LogP contribution >= 0.6 is 11.8 Å². The van der Waals surface area contributed by atoms with Gasteiger partial charge in [-0.3, -0.25) is 9.59 Å². The number of sulfonamides is 1. The highest BCUT2D eigenvalue weighted by molar-refractivity contribution is 7.98. The molecule has 30 heavy (non-hydrogen) atoms. The maximum absolute atomic E-state index is 12.7. The first-order valence-corrected chi connectivity index (χ1v) is 12.2. The Morgan fingerprint density at radius 1 is 1.07 bits per heavy atom. The standard InChI is InChI=1S/C21H27N3O4S2/c1-4-5-14-22-21(26)18-8-6-7-9-19(18)23-20(25)15-24(2)30(27,28)17-12-10-16(29-3)11-13-17/h6-13H,4-5,14-15H2,1-3H3,(H,22,26)(H,23,25). The molecule has 2 rings (SSSR count). The highest BCUT2D eigenvalue weighted by Crippen LogP contribution is 2.20. The van der Waals surface area contributed by atoms with E-state index >= 15 is 0 Å². The van der Waals surface area contributed by atoms with E-state index in [4.69, 9.17) is 0 Å². The number of likely N-dealkylation sites (N-methyl/N-ethyl adjacent to an activating group) is 1. The average molecular weight is 450 g/mol. The van der Waals surface area contributed by atoms with Gasteiger partial charge in [-0.05, 0) is 49.1 Å². The third-order valence-electron chi connectivity index (χ3n) is 4.40. The van der Waals surface area contributed by atoms with E-state index in [2.05, 4.69) is 10.6 Å². The monoisotopic (exact) mass is 449 g/mol. The number of nitrogens with one attached hydrogen (secondary N) is 2. The van der Waals surface area contributed by atoms with Crippen molar-refractivity contribution in [3.63, 3.8) is 0 Å². The zero-order chi connectivity index (χ0) is 22.1. The molecule has 0 aliphatic rings. The van der Waals surface area contributed by atoms with Crippen molar-refractivity contribution < 1.29 is 18.0 Å². The molecule has 2 aromatic carbocycles. The molecule has 162 valence electrons. The van der Waals surface area contributed by atoms with Gasteiger partial charge in [0.25, 0.3) is 5.91 Å². The molecule has 9 heteroatoms. The molecule has 0 bridgehead atoms. The van der Waals surface area contributed by atoms with Crippen molar-refractivity contribution >= 4 is 39.3 Å². The van der Waals surface area contributed by atoms with Gasteiger partial charge in [0.15, 0.2) is 0 Å². The third kappa shape index (κ3) is 6.32. The number of amides is 2. The Hall–Kier alpha value is -2.36. The number of hydrogen-bond donors (Lipinski definition) is 2. The average Bonchev–Trinajstić information content (AvgIpc) is 2.74. The normalized spacial score (nSPS) is 11.3. The maximum atomic E-state index is 12.7. The molecule has 7 nitrogen and oxygen atoms in total. The fourth-order valence-corrected chi connectivity index (χ4v) is 4.20.